The molecule has 2 nitrogen and oxygen atoms in total. The Morgan fingerprint density at radius 3 is 2.18 bits per heavy atom. The smallest absolute Gasteiger partial charge is 0.0650 e. The van der Waals surface area contributed by atoms with E-state index < -0.39 is 0 Å². The third-order valence-electron chi connectivity index (χ3n) is 1.45. The van der Waals surface area contributed by atoms with Crippen molar-refractivity contribution in [2.75, 3.05) is 0 Å². The minimum Gasteiger partial charge on any atom is -0.275 e. The Kier molecular flexibility index (Phi) is 4.59. The van der Waals surface area contributed by atoms with Crippen LogP contribution >= 0.6 is 0 Å². The molecule has 0 aliphatic rings. The molecule has 0 fully saturated rings. The van der Waals surface area contributed by atoms with Gasteiger partial charge in [0, 0.05) is 13.2 Å². The Morgan fingerprint density at radius 2 is 2.00 bits per heavy atom. The van der Waals surface area contributed by atoms with E-state index in [0.29, 0.717) is 0 Å². The lowest BCUT2D eigenvalue weighted by Crippen LogP contribution is -1.88. The van der Waals surface area contributed by atoms with Gasteiger partial charge in [0.1, 0.15) is 0 Å². The summed E-state index contributed by atoms with van der Waals surface area (Å²) < 4.78 is 1.86. The number of nitrogens with zero attached hydrogens (tertiary/aromatic N) is 2. The first kappa shape index (κ1) is 10.2. The minimum absolute atomic E-state index is 1.03. The molecule has 0 aromatic carbocycles. The molecular formula is C9H18N2. The molecular weight excluding hydrogens is 136 g/mol. The summed E-state index contributed by atoms with van der Waals surface area (Å²) in [4.78, 5) is 0. The molecule has 0 atom stereocenters. The van der Waals surface area contributed by atoms with Crippen LogP contribution in [-0.2, 0) is 13.5 Å². The molecule has 64 valence electrons. The van der Waals surface area contributed by atoms with E-state index in [0.717, 1.165) is 6.42 Å². The van der Waals surface area contributed by atoms with E-state index in [2.05, 4.69) is 18.9 Å². The van der Waals surface area contributed by atoms with Crippen LogP contribution in [0.1, 0.15) is 32.0 Å². The van der Waals surface area contributed by atoms with Crippen molar-refractivity contribution < 1.29 is 0 Å². The van der Waals surface area contributed by atoms with E-state index >= 15 is 0 Å². The average molecular weight is 154 g/mol. The van der Waals surface area contributed by atoms with Crippen molar-refractivity contribution in [3.8, 4) is 0 Å². The number of rotatable bonds is 1. The van der Waals surface area contributed by atoms with Gasteiger partial charge < -0.3 is 0 Å². The Bertz CT molecular complexity index is 201. The van der Waals surface area contributed by atoms with Crippen molar-refractivity contribution in [1.82, 2.24) is 9.78 Å². The number of aryl methyl sites for hydroxylation is 3. The molecule has 0 radical (unpaired) electrons. The third kappa shape index (κ3) is 2.74. The molecule has 11 heavy (non-hydrogen) atoms. The van der Waals surface area contributed by atoms with Gasteiger partial charge in [0.25, 0.3) is 0 Å². The van der Waals surface area contributed by atoms with E-state index in [1.807, 2.05) is 31.8 Å². The molecule has 1 rings (SSSR count). The van der Waals surface area contributed by atoms with Crippen LogP contribution in [0.3, 0.4) is 0 Å². The molecule has 0 amide bonds. The van der Waals surface area contributed by atoms with Gasteiger partial charge in [0.05, 0.1) is 5.69 Å². The standard InChI is InChI=1S/C7H12N2.C2H6/c1-4-7-6(2)5-9(3)8-7;1-2/h5H,4H2,1-3H3;1-2H3. The maximum Gasteiger partial charge on any atom is 0.0650 e. The van der Waals surface area contributed by atoms with Gasteiger partial charge in [-0.2, -0.15) is 5.10 Å². The Hall–Kier alpha value is -0.790. The highest BCUT2D eigenvalue weighted by atomic mass is 15.2. The quantitative estimate of drug-likeness (QED) is 0.607. The highest BCUT2D eigenvalue weighted by molar-refractivity contribution is 5.13. The summed E-state index contributed by atoms with van der Waals surface area (Å²) >= 11 is 0. The largest absolute Gasteiger partial charge is 0.275 e. The molecule has 0 aliphatic heterocycles. The fraction of sp³-hybridized carbons (Fsp3) is 0.667. The van der Waals surface area contributed by atoms with Crippen molar-refractivity contribution in [3.63, 3.8) is 0 Å². The molecule has 1 aromatic heterocycles. The van der Waals surface area contributed by atoms with Crippen LogP contribution in [0.5, 0.6) is 0 Å². The second kappa shape index (κ2) is 4.94. The van der Waals surface area contributed by atoms with Gasteiger partial charge in [0.15, 0.2) is 0 Å². The van der Waals surface area contributed by atoms with Crippen LogP contribution in [0.4, 0.5) is 0 Å². The molecule has 0 saturated heterocycles. The molecule has 2 heteroatoms. The highest BCUT2D eigenvalue weighted by Gasteiger charge is 1.97. The third-order valence-corrected chi connectivity index (χ3v) is 1.45. The van der Waals surface area contributed by atoms with Gasteiger partial charge >= 0.3 is 0 Å². The summed E-state index contributed by atoms with van der Waals surface area (Å²) in [7, 11) is 1.95. The highest BCUT2D eigenvalue weighted by Crippen LogP contribution is 2.03. The lowest BCUT2D eigenvalue weighted by molar-refractivity contribution is 0.746. The monoisotopic (exact) mass is 154 g/mol. The van der Waals surface area contributed by atoms with E-state index in [-0.39, 0.29) is 0 Å². The summed E-state index contributed by atoms with van der Waals surface area (Å²) in [6.45, 7) is 8.21. The molecule has 0 unspecified atom stereocenters. The molecule has 0 aliphatic carbocycles. The van der Waals surface area contributed by atoms with Crippen molar-refractivity contribution in [2.24, 2.45) is 7.05 Å². The number of aromatic nitrogens is 2. The minimum atomic E-state index is 1.03. The Labute approximate surface area is 69.2 Å². The maximum atomic E-state index is 4.25. The van der Waals surface area contributed by atoms with Gasteiger partial charge in [-0.1, -0.05) is 20.8 Å². The SMILES string of the molecule is CC.CCc1nn(C)cc1C. The summed E-state index contributed by atoms with van der Waals surface area (Å²) in [5.74, 6) is 0. The van der Waals surface area contributed by atoms with Gasteiger partial charge in [0.2, 0.25) is 0 Å². The van der Waals surface area contributed by atoms with Crippen LogP contribution in [-0.4, -0.2) is 9.78 Å². The summed E-state index contributed by atoms with van der Waals surface area (Å²) in [5, 5.41) is 4.25. The lowest BCUT2D eigenvalue weighted by atomic mass is 10.2. The van der Waals surface area contributed by atoms with Crippen LogP contribution in [0.25, 0.3) is 0 Å². The zero-order valence-corrected chi connectivity index (χ0v) is 8.18. The van der Waals surface area contributed by atoms with E-state index in [1.165, 1.54) is 11.3 Å². The van der Waals surface area contributed by atoms with Crippen LogP contribution in [0.15, 0.2) is 6.20 Å². The first-order chi connectivity index (χ1) is 5.24. The fourth-order valence-corrected chi connectivity index (χ4v) is 1.00. The van der Waals surface area contributed by atoms with Crippen LogP contribution < -0.4 is 0 Å². The van der Waals surface area contributed by atoms with Gasteiger partial charge in [-0.05, 0) is 18.9 Å². The molecule has 1 heterocycles. The molecule has 0 bridgehead atoms. The van der Waals surface area contributed by atoms with Crippen LogP contribution in [0.2, 0.25) is 0 Å². The van der Waals surface area contributed by atoms with Crippen LogP contribution in [0, 0.1) is 6.92 Å². The van der Waals surface area contributed by atoms with Crippen molar-refractivity contribution in [1.29, 1.82) is 0 Å². The van der Waals surface area contributed by atoms with Crippen molar-refractivity contribution >= 4 is 0 Å². The average Bonchev–Trinajstić information content (AvgIpc) is 2.33. The molecule has 1 aromatic rings. The fourth-order valence-electron chi connectivity index (χ4n) is 1.00. The summed E-state index contributed by atoms with van der Waals surface area (Å²) in [5.41, 5.74) is 2.50. The van der Waals surface area contributed by atoms with E-state index in [4.69, 9.17) is 0 Å². The lowest BCUT2D eigenvalue weighted by Gasteiger charge is -1.86. The van der Waals surface area contributed by atoms with Gasteiger partial charge in [-0.15, -0.1) is 0 Å². The first-order valence-corrected chi connectivity index (χ1v) is 4.23. The first-order valence-electron chi connectivity index (χ1n) is 4.23. The zero-order valence-electron chi connectivity index (χ0n) is 8.18. The van der Waals surface area contributed by atoms with Gasteiger partial charge in [-0.3, -0.25) is 4.68 Å². The maximum absolute atomic E-state index is 4.25. The van der Waals surface area contributed by atoms with E-state index in [1.54, 1.807) is 0 Å². The molecule has 0 saturated carbocycles. The predicted molar refractivity (Wildman–Crippen MR) is 48.7 cm³/mol. The normalized spacial score (nSPS) is 8.82. The van der Waals surface area contributed by atoms with Crippen molar-refractivity contribution in [3.05, 3.63) is 17.5 Å². The molecule has 0 spiro atoms. The summed E-state index contributed by atoms with van der Waals surface area (Å²) in [6, 6.07) is 0. The number of hydrogen-bond acceptors (Lipinski definition) is 1. The second-order valence-electron chi connectivity index (χ2n) is 2.29. The van der Waals surface area contributed by atoms with E-state index in [9.17, 15) is 0 Å². The number of hydrogen-bond donors (Lipinski definition) is 0. The van der Waals surface area contributed by atoms with Crippen molar-refractivity contribution in [2.45, 2.75) is 34.1 Å². The zero-order chi connectivity index (χ0) is 8.85. The second-order valence-corrected chi connectivity index (χ2v) is 2.29. The predicted octanol–water partition coefficient (Wildman–Crippen LogP) is 2.32. The Morgan fingerprint density at radius 1 is 1.45 bits per heavy atom. The Balaban J connectivity index is 0.000000461. The molecule has 0 N–H and O–H groups in total. The summed E-state index contributed by atoms with van der Waals surface area (Å²) in [6.07, 6.45) is 3.07. The topological polar surface area (TPSA) is 17.8 Å². The van der Waals surface area contributed by atoms with Gasteiger partial charge in [-0.25, -0.2) is 0 Å².